The highest BCUT2D eigenvalue weighted by atomic mass is 32.1. The van der Waals surface area contributed by atoms with Crippen molar-refractivity contribution in [2.45, 2.75) is 32.4 Å². The lowest BCUT2D eigenvalue weighted by Gasteiger charge is -2.15. The van der Waals surface area contributed by atoms with Gasteiger partial charge in [0, 0.05) is 17.4 Å². The predicted octanol–water partition coefficient (Wildman–Crippen LogP) is 4.78. The maximum absolute atomic E-state index is 13.5. The van der Waals surface area contributed by atoms with Gasteiger partial charge in [-0.15, -0.1) is 10.2 Å². The van der Waals surface area contributed by atoms with Gasteiger partial charge < -0.3 is 9.15 Å². The molecule has 1 aromatic carbocycles. The van der Waals surface area contributed by atoms with Gasteiger partial charge in [0.1, 0.15) is 0 Å². The molecule has 3 heterocycles. The molecule has 0 saturated carbocycles. The summed E-state index contributed by atoms with van der Waals surface area (Å²) in [5.41, 5.74) is 1.51. The molecule has 0 fully saturated rings. The predicted molar refractivity (Wildman–Crippen MR) is 101 cm³/mol. The fourth-order valence-corrected chi connectivity index (χ4v) is 3.56. The molecule has 10 heteroatoms. The summed E-state index contributed by atoms with van der Waals surface area (Å²) in [4.78, 5) is 16.4. The van der Waals surface area contributed by atoms with Gasteiger partial charge >= 0.3 is 12.5 Å². The number of aromatic nitrogens is 4. The lowest BCUT2D eigenvalue weighted by atomic mass is 10.3. The summed E-state index contributed by atoms with van der Waals surface area (Å²) in [7, 11) is 0. The van der Waals surface area contributed by atoms with Gasteiger partial charge in [-0.05, 0) is 30.5 Å². The van der Waals surface area contributed by atoms with E-state index in [0.717, 1.165) is 10.1 Å². The van der Waals surface area contributed by atoms with Crippen molar-refractivity contribution >= 4 is 28.3 Å². The third kappa shape index (κ3) is 4.02. The number of hydrogen-bond donors (Lipinski definition) is 0. The van der Waals surface area contributed by atoms with Crippen molar-refractivity contribution in [1.29, 1.82) is 0 Å². The van der Waals surface area contributed by atoms with Crippen LogP contribution in [0.25, 0.3) is 22.5 Å². The van der Waals surface area contributed by atoms with Crippen LogP contribution in [0.15, 0.2) is 45.5 Å². The van der Waals surface area contributed by atoms with Gasteiger partial charge in [-0.25, -0.2) is 4.98 Å². The van der Waals surface area contributed by atoms with Crippen molar-refractivity contribution in [3.8, 4) is 11.5 Å². The van der Waals surface area contributed by atoms with Gasteiger partial charge in [0.05, 0.1) is 17.5 Å². The Morgan fingerprint density at radius 3 is 2.86 bits per heavy atom. The number of alkyl halides is 2. The van der Waals surface area contributed by atoms with E-state index < -0.39 is 18.6 Å². The van der Waals surface area contributed by atoms with Crippen LogP contribution in [-0.2, 0) is 16.0 Å². The number of rotatable bonds is 7. The molecular formula is C19H16F2N4O3S. The fourth-order valence-electron chi connectivity index (χ4n) is 2.93. The zero-order chi connectivity index (χ0) is 20.4. The van der Waals surface area contributed by atoms with Gasteiger partial charge in [-0.3, -0.25) is 9.36 Å². The Hall–Kier alpha value is -3.14. The molecule has 29 heavy (non-hydrogen) atoms. The van der Waals surface area contributed by atoms with Gasteiger partial charge in [-0.2, -0.15) is 20.1 Å². The summed E-state index contributed by atoms with van der Waals surface area (Å²) in [5, 5.41) is 11.6. The van der Waals surface area contributed by atoms with Gasteiger partial charge in [-0.1, -0.05) is 12.1 Å². The lowest BCUT2D eigenvalue weighted by Crippen LogP contribution is -2.15. The topological polar surface area (TPSA) is 83.0 Å². The molecule has 0 saturated heterocycles. The van der Waals surface area contributed by atoms with Gasteiger partial charge in [0.25, 0.3) is 0 Å². The zero-order valence-electron chi connectivity index (χ0n) is 15.3. The monoisotopic (exact) mass is 418 g/mol. The molecule has 1 atom stereocenters. The van der Waals surface area contributed by atoms with Crippen molar-refractivity contribution < 1.29 is 22.7 Å². The zero-order valence-corrected chi connectivity index (χ0v) is 16.1. The first-order valence-corrected chi connectivity index (χ1v) is 9.76. The average molecular weight is 418 g/mol. The molecular weight excluding hydrogens is 402 g/mol. The minimum Gasteiger partial charge on any atom is -0.454 e. The average Bonchev–Trinajstić information content (AvgIpc) is 3.44. The molecule has 4 aromatic rings. The Labute approximate surface area is 168 Å². The van der Waals surface area contributed by atoms with E-state index in [0.29, 0.717) is 17.3 Å². The molecule has 0 aliphatic heterocycles. The molecule has 0 bridgehead atoms. The van der Waals surface area contributed by atoms with Gasteiger partial charge in [0.15, 0.2) is 11.9 Å². The number of para-hydroxylation sites is 2. The van der Waals surface area contributed by atoms with Crippen LogP contribution in [0.4, 0.5) is 8.78 Å². The van der Waals surface area contributed by atoms with E-state index >= 15 is 0 Å². The summed E-state index contributed by atoms with van der Waals surface area (Å²) in [6.07, 6.45) is -0.772. The first-order chi connectivity index (χ1) is 14.0. The van der Waals surface area contributed by atoms with Crippen molar-refractivity contribution in [3.05, 3.63) is 52.8 Å². The Bertz CT molecular complexity index is 1120. The number of carbonyl (C=O) groups is 1. The SMILES string of the molecule is CC(OC(=O)CCc1nnc(-c2ccsc2)o1)c1nc2ccccc2n1C(F)F. The number of esters is 1. The third-order valence-electron chi connectivity index (χ3n) is 4.27. The standard InChI is InChI=1S/C19H16F2N4O3S/c1-11(17-22-13-4-2-3-5-14(13)25(17)19(20)21)27-16(26)7-6-15-23-24-18(28-15)12-8-9-29-10-12/h2-5,8-11,19H,6-7H2,1H3. The molecule has 7 nitrogen and oxygen atoms in total. The van der Waals surface area contributed by atoms with Crippen LogP contribution >= 0.6 is 11.3 Å². The summed E-state index contributed by atoms with van der Waals surface area (Å²) in [5.74, 6) is 0.108. The van der Waals surface area contributed by atoms with Crippen molar-refractivity contribution in [2.24, 2.45) is 0 Å². The Kier molecular flexibility index (Phi) is 5.34. The van der Waals surface area contributed by atoms with E-state index in [1.54, 1.807) is 24.3 Å². The number of nitrogens with zero attached hydrogens (tertiary/aromatic N) is 4. The second-order valence-electron chi connectivity index (χ2n) is 6.25. The van der Waals surface area contributed by atoms with E-state index in [9.17, 15) is 13.6 Å². The number of imidazole rings is 1. The Balaban J connectivity index is 1.41. The van der Waals surface area contributed by atoms with E-state index in [4.69, 9.17) is 9.15 Å². The molecule has 0 spiro atoms. The quantitative estimate of drug-likeness (QED) is 0.402. The smallest absolute Gasteiger partial charge is 0.320 e. The van der Waals surface area contributed by atoms with E-state index in [1.807, 2.05) is 16.8 Å². The maximum atomic E-state index is 13.5. The van der Waals surface area contributed by atoms with Crippen molar-refractivity contribution in [2.75, 3.05) is 0 Å². The number of hydrogen-bond acceptors (Lipinski definition) is 7. The number of benzene rings is 1. The molecule has 150 valence electrons. The first kappa shape index (κ1) is 19.2. The van der Waals surface area contributed by atoms with E-state index in [1.165, 1.54) is 18.3 Å². The summed E-state index contributed by atoms with van der Waals surface area (Å²) < 4.78 is 38.7. The number of aryl methyl sites for hydroxylation is 1. The number of ether oxygens (including phenoxy) is 1. The van der Waals surface area contributed by atoms with Crippen LogP contribution in [0.1, 0.15) is 37.7 Å². The minimum absolute atomic E-state index is 0.00733. The normalized spacial score (nSPS) is 12.6. The van der Waals surface area contributed by atoms with Crippen molar-refractivity contribution in [3.63, 3.8) is 0 Å². The molecule has 0 N–H and O–H groups in total. The molecule has 0 radical (unpaired) electrons. The van der Waals surface area contributed by atoms with Crippen LogP contribution in [0, 0.1) is 0 Å². The largest absolute Gasteiger partial charge is 0.454 e. The number of carbonyl (C=O) groups excluding carboxylic acids is 1. The van der Waals surface area contributed by atoms with E-state index in [-0.39, 0.29) is 24.2 Å². The number of thiophene rings is 1. The van der Waals surface area contributed by atoms with Crippen LogP contribution < -0.4 is 0 Å². The molecule has 4 rings (SSSR count). The fraction of sp³-hybridized carbons (Fsp3) is 0.263. The maximum Gasteiger partial charge on any atom is 0.320 e. The van der Waals surface area contributed by atoms with Crippen LogP contribution in [-0.4, -0.2) is 25.7 Å². The van der Waals surface area contributed by atoms with E-state index in [2.05, 4.69) is 15.2 Å². The molecule has 0 aliphatic rings. The molecule has 1 unspecified atom stereocenters. The summed E-state index contributed by atoms with van der Waals surface area (Å²) in [6.45, 7) is -1.29. The number of halogens is 2. The lowest BCUT2D eigenvalue weighted by molar-refractivity contribution is -0.149. The minimum atomic E-state index is -2.80. The van der Waals surface area contributed by atoms with Crippen LogP contribution in [0.3, 0.4) is 0 Å². The first-order valence-electron chi connectivity index (χ1n) is 8.82. The van der Waals surface area contributed by atoms with Crippen molar-refractivity contribution in [1.82, 2.24) is 19.7 Å². The Morgan fingerprint density at radius 1 is 1.28 bits per heavy atom. The molecule has 0 aliphatic carbocycles. The highest BCUT2D eigenvalue weighted by Crippen LogP contribution is 2.28. The second kappa shape index (κ2) is 8.08. The summed E-state index contributed by atoms with van der Waals surface area (Å²) in [6, 6.07) is 8.39. The Morgan fingerprint density at radius 2 is 2.10 bits per heavy atom. The van der Waals surface area contributed by atoms with Crippen LogP contribution in [0.2, 0.25) is 0 Å². The number of fused-ring (bicyclic) bond motifs is 1. The highest BCUT2D eigenvalue weighted by molar-refractivity contribution is 7.08. The highest BCUT2D eigenvalue weighted by Gasteiger charge is 2.24. The van der Waals surface area contributed by atoms with Crippen LogP contribution in [0.5, 0.6) is 0 Å². The molecule has 0 amide bonds. The summed E-state index contributed by atoms with van der Waals surface area (Å²) >= 11 is 1.51. The second-order valence-corrected chi connectivity index (χ2v) is 7.03. The third-order valence-corrected chi connectivity index (χ3v) is 4.95. The molecule has 3 aromatic heterocycles. The van der Waals surface area contributed by atoms with Gasteiger partial charge in [0.2, 0.25) is 11.8 Å².